The third-order valence-electron chi connectivity index (χ3n) is 11.6. The van der Waals surface area contributed by atoms with Crippen molar-refractivity contribution in [3.8, 4) is 0 Å². The van der Waals surface area contributed by atoms with Crippen molar-refractivity contribution in [2.75, 3.05) is 47.5 Å². The summed E-state index contributed by atoms with van der Waals surface area (Å²) in [4.78, 5) is 23.2. The van der Waals surface area contributed by atoms with Gasteiger partial charge in [-0.1, -0.05) is 223 Å². The van der Waals surface area contributed by atoms with Gasteiger partial charge >= 0.3 is 5.97 Å². The first kappa shape index (κ1) is 60.0. The van der Waals surface area contributed by atoms with Crippen LogP contribution in [0.3, 0.4) is 0 Å². The summed E-state index contributed by atoms with van der Waals surface area (Å²) in [6.07, 6.45) is 58.0. The molecule has 0 saturated heterocycles. The Morgan fingerprint density at radius 1 is 0.500 bits per heavy atom. The smallest absolute Gasteiger partial charge is 0.305 e. The Balaban J connectivity index is 3.34. The molecular weight excluding hydrogens is 775 g/mol. The molecule has 8 nitrogen and oxygen atoms in total. The molecule has 0 amide bonds. The van der Waals surface area contributed by atoms with Gasteiger partial charge in [0, 0.05) is 6.42 Å². The minimum atomic E-state index is -1.57. The molecule has 0 radical (unpaired) electrons. The van der Waals surface area contributed by atoms with Crippen molar-refractivity contribution in [1.82, 2.24) is 0 Å². The predicted molar refractivity (Wildman–Crippen MR) is 260 cm³/mol. The molecule has 0 aliphatic rings. The van der Waals surface area contributed by atoms with Gasteiger partial charge in [0.15, 0.2) is 6.29 Å². The van der Waals surface area contributed by atoms with Crippen molar-refractivity contribution in [1.29, 1.82) is 0 Å². The van der Waals surface area contributed by atoms with E-state index >= 15 is 0 Å². The van der Waals surface area contributed by atoms with Gasteiger partial charge in [0.2, 0.25) is 0 Å². The molecule has 0 rings (SSSR count). The molecule has 0 aliphatic carbocycles. The van der Waals surface area contributed by atoms with Crippen LogP contribution in [-0.4, -0.2) is 81.4 Å². The Kier molecular flexibility index (Phi) is 45.5. The zero-order valence-electron chi connectivity index (χ0n) is 41.2. The number of aliphatic hydroxyl groups is 1. The second-order valence-electron chi connectivity index (χ2n) is 19.0. The predicted octanol–water partition coefficient (Wildman–Crippen LogP) is 13.4. The van der Waals surface area contributed by atoms with Crippen LogP contribution < -0.4 is 5.11 Å². The highest BCUT2D eigenvalue weighted by atomic mass is 16.7. The summed E-state index contributed by atoms with van der Waals surface area (Å²) in [6.45, 7) is 2.47. The number of carbonyl (C=O) groups is 2. The number of aliphatic carboxylic acids is 1. The van der Waals surface area contributed by atoms with E-state index in [1.165, 1.54) is 193 Å². The van der Waals surface area contributed by atoms with Gasteiger partial charge in [0.25, 0.3) is 0 Å². The lowest BCUT2D eigenvalue weighted by molar-refractivity contribution is -0.870. The standard InChI is InChI=1S/C54H101NO7/c1-5-6-7-8-9-10-11-12-13-14-15-16-17-18-19-20-21-22-23-24-25-26-27-28-29-30-31-32-33-34-35-36-37-38-39-40-41-42-43-44-45-46-52(57)61-49-51(56)50-62-54(53(58)59)60-48-47-55(2,3)4/h11-12,14-15,17-18,51,54,56H,5-10,13,16,19-50H2,1-4H3/b12-11-,15-14-,18-17-. The van der Waals surface area contributed by atoms with Crippen LogP contribution in [0.5, 0.6) is 0 Å². The molecule has 1 N–H and O–H groups in total. The van der Waals surface area contributed by atoms with E-state index in [1.54, 1.807) is 0 Å². The van der Waals surface area contributed by atoms with Crippen LogP contribution in [0.4, 0.5) is 0 Å². The van der Waals surface area contributed by atoms with E-state index in [0.717, 1.165) is 32.1 Å². The van der Waals surface area contributed by atoms with Gasteiger partial charge in [-0.3, -0.25) is 4.79 Å². The summed E-state index contributed by atoms with van der Waals surface area (Å²) in [6, 6.07) is 0. The van der Waals surface area contributed by atoms with Gasteiger partial charge in [-0.25, -0.2) is 0 Å². The second-order valence-corrected chi connectivity index (χ2v) is 19.0. The molecule has 2 unspecified atom stereocenters. The first-order chi connectivity index (χ1) is 30.2. The normalized spacial score (nSPS) is 13.2. The largest absolute Gasteiger partial charge is 0.545 e. The molecule has 0 fully saturated rings. The molecule has 0 aromatic heterocycles. The Morgan fingerprint density at radius 2 is 0.855 bits per heavy atom. The molecule has 8 heteroatoms. The maximum atomic E-state index is 12.0. The minimum Gasteiger partial charge on any atom is -0.545 e. The Labute approximate surface area is 383 Å². The molecule has 0 aliphatic heterocycles. The summed E-state index contributed by atoms with van der Waals surface area (Å²) in [5, 5.41) is 21.2. The van der Waals surface area contributed by atoms with E-state index in [9.17, 15) is 19.8 Å². The van der Waals surface area contributed by atoms with Gasteiger partial charge < -0.3 is 33.7 Å². The van der Waals surface area contributed by atoms with E-state index in [0.29, 0.717) is 17.4 Å². The topological polar surface area (TPSA) is 105 Å². The second kappa shape index (κ2) is 47.0. The number of carbonyl (C=O) groups excluding carboxylic acids is 2. The molecule has 2 atom stereocenters. The maximum absolute atomic E-state index is 12.0. The number of quaternary nitrogens is 1. The fourth-order valence-electron chi connectivity index (χ4n) is 7.54. The van der Waals surface area contributed by atoms with Gasteiger partial charge in [-0.05, 0) is 44.9 Å². The van der Waals surface area contributed by atoms with Crippen LogP contribution in [0.15, 0.2) is 36.5 Å². The number of esters is 1. The van der Waals surface area contributed by atoms with Gasteiger partial charge in [-0.15, -0.1) is 0 Å². The van der Waals surface area contributed by atoms with Crippen LogP contribution in [0.25, 0.3) is 0 Å². The summed E-state index contributed by atoms with van der Waals surface area (Å²) in [7, 11) is 5.88. The molecule has 0 heterocycles. The zero-order chi connectivity index (χ0) is 45.5. The quantitative estimate of drug-likeness (QED) is 0.0213. The number of hydrogen-bond donors (Lipinski definition) is 1. The number of likely N-dealkylation sites (N-methyl/N-ethyl adjacent to an activating group) is 1. The first-order valence-corrected chi connectivity index (χ1v) is 26.2. The summed E-state index contributed by atoms with van der Waals surface area (Å²) in [5.41, 5.74) is 0. The van der Waals surface area contributed by atoms with Crippen LogP contribution in [0.2, 0.25) is 0 Å². The van der Waals surface area contributed by atoms with Crippen molar-refractivity contribution in [3.63, 3.8) is 0 Å². The van der Waals surface area contributed by atoms with Crippen LogP contribution in [-0.2, 0) is 23.8 Å². The highest BCUT2D eigenvalue weighted by Crippen LogP contribution is 2.17. The minimum absolute atomic E-state index is 0.172. The maximum Gasteiger partial charge on any atom is 0.305 e. The average Bonchev–Trinajstić information content (AvgIpc) is 3.24. The fraction of sp³-hybridized carbons (Fsp3) is 0.852. The molecule has 0 saturated carbocycles. The SMILES string of the molecule is CCCCCCC/C=C\C/C=C\C/C=C\CCCCCCCCCCCCCCCCCCCCCCCCCCCCC(=O)OCC(O)COC(OCC[N+](C)(C)C)C(=O)[O-]. The van der Waals surface area contributed by atoms with E-state index in [1.807, 2.05) is 21.1 Å². The number of carboxylic acid groups (broad SMARTS) is 1. The third-order valence-corrected chi connectivity index (χ3v) is 11.6. The van der Waals surface area contributed by atoms with E-state index in [2.05, 4.69) is 43.4 Å². The van der Waals surface area contributed by atoms with Crippen molar-refractivity contribution >= 4 is 11.9 Å². The monoisotopic (exact) mass is 876 g/mol. The summed E-state index contributed by atoms with van der Waals surface area (Å²) < 4.78 is 16.1. The number of nitrogens with zero attached hydrogens (tertiary/aromatic N) is 1. The fourth-order valence-corrected chi connectivity index (χ4v) is 7.54. The third kappa shape index (κ3) is 49.0. The van der Waals surface area contributed by atoms with Crippen molar-refractivity contribution < 1.29 is 38.5 Å². The molecule has 0 aromatic rings. The van der Waals surface area contributed by atoms with E-state index in [-0.39, 0.29) is 25.8 Å². The summed E-state index contributed by atoms with van der Waals surface area (Å²) >= 11 is 0. The van der Waals surface area contributed by atoms with Gasteiger partial charge in [-0.2, -0.15) is 0 Å². The number of aliphatic hydroxyl groups excluding tert-OH is 1. The van der Waals surface area contributed by atoms with Crippen LogP contribution >= 0.6 is 0 Å². The van der Waals surface area contributed by atoms with Gasteiger partial charge in [0.1, 0.15) is 19.3 Å². The number of allylic oxidation sites excluding steroid dienone is 6. The zero-order valence-corrected chi connectivity index (χ0v) is 41.2. The van der Waals surface area contributed by atoms with Crippen molar-refractivity contribution in [2.24, 2.45) is 0 Å². The van der Waals surface area contributed by atoms with Crippen LogP contribution in [0, 0.1) is 0 Å². The first-order valence-electron chi connectivity index (χ1n) is 26.2. The molecule has 364 valence electrons. The lowest BCUT2D eigenvalue weighted by Gasteiger charge is -2.26. The Hall–Kier alpha value is -2.00. The molecule has 0 bridgehead atoms. The number of ether oxygens (including phenoxy) is 3. The van der Waals surface area contributed by atoms with Crippen LogP contribution in [0.1, 0.15) is 238 Å². The Bertz CT molecular complexity index is 1050. The average molecular weight is 876 g/mol. The lowest BCUT2D eigenvalue weighted by atomic mass is 10.0. The number of rotatable bonds is 49. The lowest BCUT2D eigenvalue weighted by Crippen LogP contribution is -2.44. The highest BCUT2D eigenvalue weighted by Gasteiger charge is 2.17. The number of carboxylic acids is 1. The molecule has 0 aromatic carbocycles. The number of unbranched alkanes of at least 4 members (excludes halogenated alkanes) is 31. The highest BCUT2D eigenvalue weighted by molar-refractivity contribution is 5.69. The van der Waals surface area contributed by atoms with E-state index < -0.39 is 18.4 Å². The molecule has 62 heavy (non-hydrogen) atoms. The van der Waals surface area contributed by atoms with Crippen molar-refractivity contribution in [3.05, 3.63) is 36.5 Å². The van der Waals surface area contributed by atoms with Gasteiger partial charge in [0.05, 0.1) is 40.3 Å². The molecule has 0 spiro atoms. The Morgan fingerprint density at radius 3 is 1.23 bits per heavy atom. The molecular formula is C54H101NO7. The van der Waals surface area contributed by atoms with E-state index in [4.69, 9.17) is 14.2 Å². The number of hydrogen-bond acceptors (Lipinski definition) is 7. The summed E-state index contributed by atoms with van der Waals surface area (Å²) in [5.74, 6) is -1.86. The van der Waals surface area contributed by atoms with Crippen molar-refractivity contribution in [2.45, 2.75) is 250 Å².